The number of piperidine rings is 1. The quantitative estimate of drug-likeness (QED) is 0.156. The molecule has 15 heteroatoms. The van der Waals surface area contributed by atoms with E-state index in [0.29, 0.717) is 18.4 Å². The van der Waals surface area contributed by atoms with Crippen LogP contribution in [0.5, 0.6) is 0 Å². The number of benzene rings is 2. The molecule has 1 aliphatic rings. The average molecular weight is 649 g/mol. The molecule has 0 aromatic heterocycles. The summed E-state index contributed by atoms with van der Waals surface area (Å²) in [4.78, 5) is 50.5. The number of sulfonamides is 1. The van der Waals surface area contributed by atoms with Gasteiger partial charge in [-0.2, -0.15) is 4.72 Å². The van der Waals surface area contributed by atoms with E-state index in [-0.39, 0.29) is 28.8 Å². The van der Waals surface area contributed by atoms with Crippen LogP contribution in [0.2, 0.25) is 0 Å². The first-order chi connectivity index (χ1) is 21.1. The van der Waals surface area contributed by atoms with E-state index in [4.69, 9.17) is 26.4 Å². The van der Waals surface area contributed by atoms with E-state index >= 15 is 0 Å². The number of nitrogens with zero attached hydrogens (tertiary/aromatic N) is 2. The molecule has 2 aromatic rings. The Morgan fingerprint density at radius 2 is 1.78 bits per heavy atom. The fraction of sp³-hybridized carbons (Fsp3) is 0.500. The Morgan fingerprint density at radius 1 is 1.13 bits per heavy atom. The zero-order valence-corrected chi connectivity index (χ0v) is 27.1. The molecule has 1 aliphatic heterocycles. The molecular formula is C30H44N6O8S. The Labute approximate surface area is 263 Å². The van der Waals surface area contributed by atoms with Gasteiger partial charge in [0.25, 0.3) is 0 Å². The summed E-state index contributed by atoms with van der Waals surface area (Å²) in [6.07, 6.45) is 1.68. The van der Waals surface area contributed by atoms with E-state index in [9.17, 15) is 27.6 Å². The van der Waals surface area contributed by atoms with E-state index in [2.05, 4.69) is 4.72 Å². The summed E-state index contributed by atoms with van der Waals surface area (Å²) in [6, 6.07) is 9.33. The van der Waals surface area contributed by atoms with E-state index in [1.165, 1.54) is 33.2 Å². The number of amides is 2. The number of primary amides is 1. The number of fused-ring (bicyclic) bond motifs is 1. The normalized spacial score (nSPS) is 16.7. The zero-order valence-electron chi connectivity index (χ0n) is 26.3. The number of carbonyl (C=O) groups is 4. The highest BCUT2D eigenvalue weighted by atomic mass is 32.2. The molecule has 1 heterocycles. The lowest BCUT2D eigenvalue weighted by atomic mass is 9.97. The van der Waals surface area contributed by atoms with Crippen molar-refractivity contribution < 1.29 is 37.1 Å². The van der Waals surface area contributed by atoms with E-state index in [1.54, 1.807) is 30.0 Å². The number of esters is 2. The number of rotatable bonds is 11. The number of ether oxygens (including phenoxy) is 2. The van der Waals surface area contributed by atoms with Crippen molar-refractivity contribution >= 4 is 50.5 Å². The second kappa shape index (κ2) is 16.7. The maximum absolute atomic E-state index is 13.2. The lowest BCUT2D eigenvalue weighted by Gasteiger charge is -2.32. The summed E-state index contributed by atoms with van der Waals surface area (Å²) in [6.45, 7) is 6.35. The summed E-state index contributed by atoms with van der Waals surface area (Å²) in [5.41, 5.74) is 10.6. The molecular weight excluding hydrogens is 604 g/mol. The fourth-order valence-corrected chi connectivity index (χ4v) is 6.18. The van der Waals surface area contributed by atoms with Crippen molar-refractivity contribution in [1.29, 1.82) is 5.41 Å². The largest absolute Gasteiger partial charge is 0.467 e. The lowest BCUT2D eigenvalue weighted by Crippen LogP contribution is -2.55. The Morgan fingerprint density at radius 3 is 2.33 bits per heavy atom. The molecule has 1 unspecified atom stereocenters. The second-order valence-electron chi connectivity index (χ2n) is 10.9. The summed E-state index contributed by atoms with van der Waals surface area (Å²) >= 11 is 0. The van der Waals surface area contributed by atoms with Gasteiger partial charge in [-0.15, -0.1) is 0 Å². The Kier molecular flexibility index (Phi) is 13.7. The number of nitrogens with two attached hydrogens (primary N) is 2. The van der Waals surface area contributed by atoms with Gasteiger partial charge < -0.3 is 30.7 Å². The molecule has 4 atom stereocenters. The van der Waals surface area contributed by atoms with Crippen LogP contribution in [0.15, 0.2) is 47.4 Å². The third kappa shape index (κ3) is 10.7. The molecule has 0 radical (unpaired) electrons. The van der Waals surface area contributed by atoms with Crippen molar-refractivity contribution in [2.45, 2.75) is 69.5 Å². The summed E-state index contributed by atoms with van der Waals surface area (Å²) in [5.74, 6) is -2.74. The number of guanidine groups is 1. The molecule has 2 amide bonds. The number of likely N-dealkylation sites (N-methyl/N-ethyl adjacent to an activating group) is 1. The van der Waals surface area contributed by atoms with Gasteiger partial charge in [-0.25, -0.2) is 13.2 Å². The van der Waals surface area contributed by atoms with Gasteiger partial charge in [0.15, 0.2) is 5.96 Å². The third-order valence-electron chi connectivity index (χ3n) is 7.47. The minimum atomic E-state index is -4.17. The van der Waals surface area contributed by atoms with E-state index in [1.807, 2.05) is 19.1 Å². The highest BCUT2D eigenvalue weighted by Crippen LogP contribution is 2.21. The highest BCUT2D eigenvalue weighted by Gasteiger charge is 2.37. The van der Waals surface area contributed by atoms with E-state index < -0.39 is 46.3 Å². The predicted octanol–water partition coefficient (Wildman–Crippen LogP) is 1.32. The summed E-state index contributed by atoms with van der Waals surface area (Å²) in [7, 11) is -1.60. The van der Waals surface area contributed by atoms with Crippen molar-refractivity contribution in [3.05, 3.63) is 42.5 Å². The van der Waals surface area contributed by atoms with Crippen LogP contribution in [-0.2, 0) is 38.7 Å². The SMILES string of the molecule is CC(=O)O[C@H]1CCCN(C(=N)N)C1.CCC(C)[C@@H](C(=O)OC)N(C)C(=O)[C@H](CC(N)=O)NS(=O)(=O)c1ccc2ccccc2c1. The number of hydrogen-bond acceptors (Lipinski definition) is 9. The van der Waals surface area contributed by atoms with Gasteiger partial charge in [0.2, 0.25) is 21.8 Å². The molecule has 248 valence electrons. The first kappa shape index (κ1) is 36.9. The lowest BCUT2D eigenvalue weighted by molar-refractivity contribution is -0.154. The molecule has 1 saturated heterocycles. The number of methoxy groups -OCH3 is 1. The summed E-state index contributed by atoms with van der Waals surface area (Å²) < 4.78 is 38.2. The van der Waals surface area contributed by atoms with Crippen LogP contribution in [0.1, 0.15) is 46.5 Å². The molecule has 0 bridgehead atoms. The molecule has 14 nitrogen and oxygen atoms in total. The van der Waals surface area contributed by atoms with Crippen molar-refractivity contribution in [2.24, 2.45) is 17.4 Å². The Bertz CT molecular complexity index is 1480. The van der Waals surface area contributed by atoms with Crippen molar-refractivity contribution in [1.82, 2.24) is 14.5 Å². The van der Waals surface area contributed by atoms with Crippen molar-refractivity contribution in [2.75, 3.05) is 27.2 Å². The minimum absolute atomic E-state index is 0.0526. The predicted molar refractivity (Wildman–Crippen MR) is 168 cm³/mol. The van der Waals surface area contributed by atoms with Gasteiger partial charge in [-0.3, -0.25) is 19.8 Å². The molecule has 1 fully saturated rings. The van der Waals surface area contributed by atoms with Gasteiger partial charge in [0.1, 0.15) is 18.2 Å². The summed E-state index contributed by atoms with van der Waals surface area (Å²) in [5, 5.41) is 8.78. The van der Waals surface area contributed by atoms with Gasteiger partial charge in [0, 0.05) is 20.5 Å². The number of likely N-dealkylation sites (tertiary alicyclic amines) is 1. The number of nitrogens with one attached hydrogen (secondary N) is 2. The van der Waals surface area contributed by atoms with Gasteiger partial charge in [-0.1, -0.05) is 50.6 Å². The van der Waals surface area contributed by atoms with Crippen LogP contribution in [0, 0.1) is 11.3 Å². The topological polar surface area (TPSA) is 215 Å². The Hall–Kier alpha value is -4.24. The first-order valence-electron chi connectivity index (χ1n) is 14.5. The minimum Gasteiger partial charge on any atom is -0.467 e. The van der Waals surface area contributed by atoms with E-state index in [0.717, 1.165) is 29.7 Å². The fourth-order valence-electron chi connectivity index (χ4n) is 4.96. The maximum Gasteiger partial charge on any atom is 0.328 e. The second-order valence-corrected chi connectivity index (χ2v) is 12.6. The molecule has 3 rings (SSSR count). The van der Waals surface area contributed by atoms with Crippen molar-refractivity contribution in [3.8, 4) is 0 Å². The van der Waals surface area contributed by atoms with Crippen LogP contribution >= 0.6 is 0 Å². The Balaban J connectivity index is 0.000000452. The maximum atomic E-state index is 13.2. The average Bonchev–Trinajstić information content (AvgIpc) is 2.99. The number of carbonyl (C=O) groups excluding carboxylic acids is 4. The van der Waals surface area contributed by atoms with Crippen molar-refractivity contribution in [3.63, 3.8) is 0 Å². The molecule has 45 heavy (non-hydrogen) atoms. The van der Waals surface area contributed by atoms with Crippen LogP contribution in [0.25, 0.3) is 10.8 Å². The van der Waals surface area contributed by atoms with Gasteiger partial charge >= 0.3 is 11.9 Å². The van der Waals surface area contributed by atoms with Crippen LogP contribution in [0.4, 0.5) is 0 Å². The zero-order chi connectivity index (χ0) is 33.9. The highest BCUT2D eigenvalue weighted by molar-refractivity contribution is 7.89. The van der Waals surface area contributed by atoms with Crippen LogP contribution in [0.3, 0.4) is 0 Å². The van der Waals surface area contributed by atoms with Crippen LogP contribution < -0.4 is 16.2 Å². The monoisotopic (exact) mass is 648 g/mol. The molecule has 2 aromatic carbocycles. The van der Waals surface area contributed by atoms with Gasteiger partial charge in [-0.05, 0) is 41.7 Å². The molecule has 6 N–H and O–H groups in total. The molecule has 0 aliphatic carbocycles. The van der Waals surface area contributed by atoms with Crippen LogP contribution in [-0.4, -0.2) is 93.4 Å². The molecule has 0 saturated carbocycles. The smallest absolute Gasteiger partial charge is 0.328 e. The van der Waals surface area contributed by atoms with Gasteiger partial charge in [0.05, 0.1) is 25.0 Å². The number of hydrogen-bond donors (Lipinski definition) is 4. The standard InChI is InChI=1S/C22H29N3O6S.C8H15N3O2/c1-5-14(2)20(22(28)31-4)25(3)21(27)18(13-19(23)26)24-32(29,30)17-11-10-15-8-6-7-9-16(15)12-17;1-6(12)13-7-3-2-4-11(5-7)8(9)10/h6-12,14,18,20,24H,5,13H2,1-4H3,(H2,23,26);7H,2-5H2,1H3,(H3,9,10)/t14?,18-,20-;7-/m00/s1. The third-order valence-corrected chi connectivity index (χ3v) is 8.94. The molecule has 0 spiro atoms. The first-order valence-corrected chi connectivity index (χ1v) is 16.0.